The second-order valence-electron chi connectivity index (χ2n) is 2.14. The second-order valence-corrected chi connectivity index (χ2v) is 2.88. The van der Waals surface area contributed by atoms with Crippen LogP contribution in [0.25, 0.3) is 0 Å². The fourth-order valence-corrected chi connectivity index (χ4v) is 1.08. The highest BCUT2D eigenvalue weighted by atomic mass is 35.5. The van der Waals surface area contributed by atoms with Crippen LogP contribution in [0.4, 0.5) is 0 Å². The van der Waals surface area contributed by atoms with E-state index in [1.165, 1.54) is 5.56 Å². The van der Waals surface area contributed by atoms with Crippen molar-refractivity contribution in [1.82, 2.24) is 0 Å². The SMILES string of the molecule is CO.CO[CH]([Mg+2])c1ccccc1.Cl. The van der Waals surface area contributed by atoms with Crippen molar-refractivity contribution in [2.24, 2.45) is 0 Å². The van der Waals surface area contributed by atoms with Crippen LogP contribution >= 0.6 is 12.4 Å². The molecule has 0 fully saturated rings. The molecule has 4 heteroatoms. The minimum absolute atomic E-state index is 0. The van der Waals surface area contributed by atoms with Crippen LogP contribution in [0.15, 0.2) is 30.3 Å². The Hall–Kier alpha value is 0.196. The van der Waals surface area contributed by atoms with Crippen molar-refractivity contribution >= 4 is 34.1 Å². The number of benzene rings is 1. The van der Waals surface area contributed by atoms with Gasteiger partial charge in [-0.25, -0.2) is 0 Å². The van der Waals surface area contributed by atoms with Gasteiger partial charge in [-0.05, 0) is 12.1 Å². The first kappa shape index (κ1) is 15.7. The summed E-state index contributed by atoms with van der Waals surface area (Å²) in [5.74, 6) is 0. The van der Waals surface area contributed by atoms with Gasteiger partial charge in [-0.15, -0.1) is 12.4 Å². The monoisotopic (exact) mass is 213 g/mol. The van der Waals surface area contributed by atoms with E-state index in [1.54, 1.807) is 7.11 Å². The molecule has 0 amide bonds. The van der Waals surface area contributed by atoms with E-state index >= 15 is 0 Å². The molecule has 0 aromatic heterocycles. The predicted octanol–water partition coefficient (Wildman–Crippen LogP) is 1.53. The zero-order valence-electron chi connectivity index (χ0n) is 7.93. The first-order valence-electron chi connectivity index (χ1n) is 3.70. The molecule has 1 N–H and O–H groups in total. The fraction of sp³-hybridized carbons (Fsp3) is 0.333. The van der Waals surface area contributed by atoms with Gasteiger partial charge in [-0.2, -0.15) is 0 Å². The van der Waals surface area contributed by atoms with Crippen LogP contribution in [0.3, 0.4) is 0 Å². The van der Waals surface area contributed by atoms with Crippen LogP contribution in [0.2, 0.25) is 0 Å². The van der Waals surface area contributed by atoms with Gasteiger partial charge in [0, 0.05) is 14.2 Å². The van der Waals surface area contributed by atoms with Gasteiger partial charge < -0.3 is 9.84 Å². The summed E-state index contributed by atoms with van der Waals surface area (Å²) in [6, 6.07) is 10.2. The average Bonchev–Trinajstić information content (AvgIpc) is 2.21. The smallest absolute Gasteiger partial charge is 0.400 e. The van der Waals surface area contributed by atoms with Crippen LogP contribution in [0, 0.1) is 0 Å². The lowest BCUT2D eigenvalue weighted by molar-refractivity contribution is 0.169. The summed E-state index contributed by atoms with van der Waals surface area (Å²) in [6.07, 6.45) is 0. The summed E-state index contributed by atoms with van der Waals surface area (Å²) in [4.78, 5) is 0. The highest BCUT2D eigenvalue weighted by Crippen LogP contribution is 2.10. The molecular weight excluding hydrogens is 200 g/mol. The number of hydrogen-bond donors (Lipinski definition) is 1. The first-order chi connectivity index (χ1) is 5.84. The van der Waals surface area contributed by atoms with Crippen LogP contribution < -0.4 is 0 Å². The number of halogens is 1. The van der Waals surface area contributed by atoms with E-state index in [-0.39, 0.29) is 16.6 Å². The van der Waals surface area contributed by atoms with Crippen LogP contribution in [0.5, 0.6) is 0 Å². The molecular formula is C9H14ClMgO2+2. The number of aliphatic hydroxyl groups excluding tert-OH is 1. The number of aliphatic hydroxyl groups is 1. The third-order valence-electron chi connectivity index (χ3n) is 1.46. The van der Waals surface area contributed by atoms with Crippen LogP contribution in [-0.2, 0) is 4.74 Å². The van der Waals surface area contributed by atoms with Crippen molar-refractivity contribution in [3.8, 4) is 0 Å². The Kier molecular flexibility index (Phi) is 12.4. The van der Waals surface area contributed by atoms with Gasteiger partial charge >= 0.3 is 25.9 Å². The van der Waals surface area contributed by atoms with E-state index in [0.717, 1.165) is 7.11 Å². The van der Waals surface area contributed by atoms with E-state index in [2.05, 4.69) is 12.1 Å². The zero-order chi connectivity index (χ0) is 9.40. The van der Waals surface area contributed by atoms with Crippen LogP contribution in [0.1, 0.15) is 9.80 Å². The molecule has 0 bridgehead atoms. The summed E-state index contributed by atoms with van der Waals surface area (Å²) < 4.78 is 5.39. The standard InChI is InChI=1S/C8H9O.CH4O.ClH.Mg/c1-9-7-8-5-3-2-4-6-8;1-2;;/h2-7H,1H3;2H,1H3;1H;/q;;;+2. The van der Waals surface area contributed by atoms with Gasteiger partial charge in [0.2, 0.25) is 0 Å². The first-order valence-corrected chi connectivity index (χ1v) is 4.52. The summed E-state index contributed by atoms with van der Waals surface area (Å²) in [5, 5.41) is 7.00. The molecule has 69 valence electrons. The Morgan fingerprint density at radius 2 is 1.69 bits per heavy atom. The molecule has 1 aromatic carbocycles. The fourth-order valence-electron chi connectivity index (χ4n) is 0.804. The lowest BCUT2D eigenvalue weighted by Crippen LogP contribution is -1.99. The van der Waals surface area contributed by atoms with Crippen molar-refractivity contribution in [1.29, 1.82) is 0 Å². The Labute approximate surface area is 98.1 Å². The van der Waals surface area contributed by atoms with Gasteiger partial charge in [0.05, 0.1) is 5.56 Å². The molecule has 0 spiro atoms. The maximum atomic E-state index is 7.00. The summed E-state index contributed by atoms with van der Waals surface area (Å²) in [6.45, 7) is 0. The molecule has 13 heavy (non-hydrogen) atoms. The van der Waals surface area contributed by atoms with Crippen molar-refractivity contribution in [3.05, 3.63) is 35.9 Å². The lowest BCUT2D eigenvalue weighted by atomic mass is 10.2. The summed E-state index contributed by atoms with van der Waals surface area (Å²) in [5.41, 5.74) is 1.24. The number of hydrogen-bond acceptors (Lipinski definition) is 2. The lowest BCUT2D eigenvalue weighted by Gasteiger charge is -1.91. The molecule has 1 aromatic rings. The van der Waals surface area contributed by atoms with Crippen LogP contribution in [-0.4, -0.2) is 41.0 Å². The summed E-state index contributed by atoms with van der Waals surface area (Å²) in [7, 11) is 2.73. The Bertz CT molecular complexity index is 194. The average molecular weight is 214 g/mol. The van der Waals surface area contributed by atoms with Crippen molar-refractivity contribution in [3.63, 3.8) is 0 Å². The normalized spacial score (nSPS) is 10.5. The summed E-state index contributed by atoms with van der Waals surface area (Å²) >= 11 is 1.84. The van der Waals surface area contributed by atoms with Crippen molar-refractivity contribution in [2.75, 3.05) is 14.2 Å². The Morgan fingerprint density at radius 1 is 1.23 bits per heavy atom. The molecule has 1 rings (SSSR count). The molecule has 0 saturated heterocycles. The van der Waals surface area contributed by atoms with Gasteiger partial charge in [0.1, 0.15) is 0 Å². The molecule has 0 aliphatic carbocycles. The number of rotatable bonds is 2. The Morgan fingerprint density at radius 3 is 2.08 bits per heavy atom. The van der Waals surface area contributed by atoms with E-state index in [4.69, 9.17) is 9.84 Å². The van der Waals surface area contributed by atoms with Gasteiger partial charge in [0.25, 0.3) is 0 Å². The van der Waals surface area contributed by atoms with E-state index in [0.29, 0.717) is 0 Å². The van der Waals surface area contributed by atoms with Gasteiger partial charge in [-0.1, -0.05) is 18.2 Å². The van der Waals surface area contributed by atoms with E-state index in [1.807, 2.05) is 39.9 Å². The molecule has 2 nitrogen and oxygen atoms in total. The zero-order valence-corrected chi connectivity index (χ0v) is 10.2. The third-order valence-corrected chi connectivity index (χ3v) is 2.26. The van der Waals surface area contributed by atoms with Crippen molar-refractivity contribution in [2.45, 2.75) is 4.23 Å². The third kappa shape index (κ3) is 6.29. The maximum Gasteiger partial charge on any atom is 1.46 e. The quantitative estimate of drug-likeness (QED) is 0.756. The molecule has 1 unspecified atom stereocenters. The molecule has 0 heterocycles. The van der Waals surface area contributed by atoms with Gasteiger partial charge in [0.15, 0.2) is 0 Å². The minimum atomic E-state index is 0. The molecule has 0 aliphatic heterocycles. The van der Waals surface area contributed by atoms with Gasteiger partial charge in [-0.3, -0.25) is 0 Å². The highest BCUT2D eigenvalue weighted by molar-refractivity contribution is 6.11. The second kappa shape index (κ2) is 10.3. The van der Waals surface area contributed by atoms with E-state index in [9.17, 15) is 0 Å². The highest BCUT2D eigenvalue weighted by Gasteiger charge is 2.43. The molecule has 0 saturated carbocycles. The Balaban J connectivity index is 0. The topological polar surface area (TPSA) is 29.5 Å². The molecule has 1 atom stereocenters. The predicted molar refractivity (Wildman–Crippen MR) is 57.3 cm³/mol. The molecule has 7 radical (unpaired) electrons. The largest absolute Gasteiger partial charge is 1.46 e. The van der Waals surface area contributed by atoms with E-state index < -0.39 is 0 Å². The number of ether oxygens (including phenoxy) is 1. The van der Waals surface area contributed by atoms with Crippen molar-refractivity contribution < 1.29 is 9.84 Å². The number of methoxy groups -OCH3 is 1. The maximum absolute atomic E-state index is 7.00. The molecule has 0 aliphatic rings. The minimum Gasteiger partial charge on any atom is -0.400 e.